The number of aromatic nitrogens is 2. The molecule has 1 rings (SSSR count). The number of carbonyl (C=O) groups excluding carboxylic acids is 1. The van der Waals surface area contributed by atoms with Gasteiger partial charge in [-0.3, -0.25) is 9.48 Å². The average molecular weight is 196 g/mol. The van der Waals surface area contributed by atoms with Crippen molar-refractivity contribution in [1.29, 1.82) is 0 Å². The minimum atomic E-state index is -0.835. The lowest BCUT2D eigenvalue weighted by Crippen LogP contribution is -2.48. The van der Waals surface area contributed by atoms with E-state index in [1.807, 2.05) is 13.1 Å². The van der Waals surface area contributed by atoms with Crippen molar-refractivity contribution >= 4 is 5.91 Å². The Morgan fingerprint density at radius 2 is 2.36 bits per heavy atom. The summed E-state index contributed by atoms with van der Waals surface area (Å²) < 4.78 is 1.71. The molecule has 0 unspecified atom stereocenters. The Kier molecular flexibility index (Phi) is 2.90. The van der Waals surface area contributed by atoms with Crippen LogP contribution in [0, 0.1) is 0 Å². The lowest BCUT2D eigenvalue weighted by atomic mass is 10.1. The first kappa shape index (κ1) is 10.7. The second kappa shape index (κ2) is 3.79. The summed E-state index contributed by atoms with van der Waals surface area (Å²) in [5.41, 5.74) is 5.73. The highest BCUT2D eigenvalue weighted by Gasteiger charge is 2.21. The van der Waals surface area contributed by atoms with Crippen molar-refractivity contribution in [2.45, 2.75) is 25.9 Å². The predicted molar refractivity (Wildman–Crippen MR) is 53.3 cm³/mol. The van der Waals surface area contributed by atoms with Gasteiger partial charge in [-0.25, -0.2) is 0 Å². The van der Waals surface area contributed by atoms with Gasteiger partial charge in [0.2, 0.25) is 5.91 Å². The van der Waals surface area contributed by atoms with E-state index in [0.29, 0.717) is 6.54 Å². The molecule has 0 bridgehead atoms. The van der Waals surface area contributed by atoms with Gasteiger partial charge in [0.25, 0.3) is 0 Å². The minimum Gasteiger partial charge on any atom is -0.349 e. The number of hydrogen-bond donors (Lipinski definition) is 2. The second-order valence-electron chi connectivity index (χ2n) is 3.85. The molecular formula is C9H16N4O. The van der Waals surface area contributed by atoms with E-state index >= 15 is 0 Å². The second-order valence-corrected chi connectivity index (χ2v) is 3.85. The first-order valence-electron chi connectivity index (χ1n) is 4.45. The third kappa shape index (κ3) is 2.56. The molecule has 1 heterocycles. The zero-order valence-electron chi connectivity index (χ0n) is 8.74. The molecule has 0 radical (unpaired) electrons. The summed E-state index contributed by atoms with van der Waals surface area (Å²) in [4.78, 5) is 11.4. The highest BCUT2D eigenvalue weighted by molar-refractivity contribution is 5.84. The van der Waals surface area contributed by atoms with Crippen molar-refractivity contribution < 1.29 is 4.79 Å². The molecule has 0 aliphatic rings. The molecule has 0 aliphatic heterocycles. The van der Waals surface area contributed by atoms with Crippen molar-refractivity contribution in [2.75, 3.05) is 0 Å². The van der Waals surface area contributed by atoms with Crippen LogP contribution in [0.1, 0.15) is 19.5 Å². The van der Waals surface area contributed by atoms with E-state index in [2.05, 4.69) is 10.4 Å². The van der Waals surface area contributed by atoms with Gasteiger partial charge in [-0.2, -0.15) is 5.10 Å². The number of rotatable bonds is 3. The van der Waals surface area contributed by atoms with Crippen molar-refractivity contribution in [3.8, 4) is 0 Å². The van der Waals surface area contributed by atoms with E-state index in [1.54, 1.807) is 24.7 Å². The van der Waals surface area contributed by atoms with E-state index in [9.17, 15) is 4.79 Å². The normalized spacial score (nSPS) is 11.4. The molecule has 0 spiro atoms. The van der Waals surface area contributed by atoms with Gasteiger partial charge in [0.1, 0.15) is 0 Å². The number of amides is 1. The largest absolute Gasteiger partial charge is 0.349 e. The van der Waals surface area contributed by atoms with Crippen LogP contribution in [-0.4, -0.2) is 21.2 Å². The lowest BCUT2D eigenvalue weighted by molar-refractivity contribution is -0.125. The topological polar surface area (TPSA) is 72.9 Å². The van der Waals surface area contributed by atoms with E-state index in [1.165, 1.54) is 0 Å². The average Bonchev–Trinajstić information content (AvgIpc) is 2.45. The molecule has 1 aromatic heterocycles. The third-order valence-corrected chi connectivity index (χ3v) is 1.94. The van der Waals surface area contributed by atoms with Crippen LogP contribution >= 0.6 is 0 Å². The number of nitrogens with one attached hydrogen (secondary N) is 1. The zero-order valence-corrected chi connectivity index (χ0v) is 8.74. The maximum Gasteiger partial charge on any atom is 0.239 e. The van der Waals surface area contributed by atoms with Crippen LogP contribution in [-0.2, 0) is 18.4 Å². The molecule has 0 aliphatic carbocycles. The van der Waals surface area contributed by atoms with Crippen LogP contribution < -0.4 is 11.1 Å². The number of aryl methyl sites for hydroxylation is 1. The molecule has 0 saturated carbocycles. The minimum absolute atomic E-state index is 0.168. The summed E-state index contributed by atoms with van der Waals surface area (Å²) in [6.07, 6.45) is 1.69. The first-order valence-corrected chi connectivity index (χ1v) is 4.45. The quantitative estimate of drug-likeness (QED) is 0.701. The number of nitrogens with zero attached hydrogens (tertiary/aromatic N) is 2. The van der Waals surface area contributed by atoms with Crippen LogP contribution in [0.15, 0.2) is 12.3 Å². The van der Waals surface area contributed by atoms with E-state index in [4.69, 9.17) is 5.73 Å². The van der Waals surface area contributed by atoms with Crippen molar-refractivity contribution in [1.82, 2.24) is 15.1 Å². The van der Waals surface area contributed by atoms with E-state index < -0.39 is 5.54 Å². The molecule has 3 N–H and O–H groups in total. The zero-order chi connectivity index (χ0) is 10.8. The van der Waals surface area contributed by atoms with E-state index in [0.717, 1.165) is 5.69 Å². The summed E-state index contributed by atoms with van der Waals surface area (Å²) >= 11 is 0. The number of carbonyl (C=O) groups is 1. The molecule has 0 fully saturated rings. The van der Waals surface area contributed by atoms with Gasteiger partial charge >= 0.3 is 0 Å². The Bertz CT molecular complexity index is 324. The predicted octanol–water partition coefficient (Wildman–Crippen LogP) is -0.226. The van der Waals surface area contributed by atoms with Gasteiger partial charge in [0.15, 0.2) is 0 Å². The van der Waals surface area contributed by atoms with Crippen LogP contribution in [0.5, 0.6) is 0 Å². The fourth-order valence-corrected chi connectivity index (χ4v) is 0.973. The van der Waals surface area contributed by atoms with Crippen molar-refractivity contribution in [3.05, 3.63) is 18.0 Å². The van der Waals surface area contributed by atoms with Crippen LogP contribution in [0.25, 0.3) is 0 Å². The van der Waals surface area contributed by atoms with Gasteiger partial charge in [0.05, 0.1) is 17.8 Å². The lowest BCUT2D eigenvalue weighted by Gasteiger charge is -2.17. The van der Waals surface area contributed by atoms with Crippen LogP contribution in [0.2, 0.25) is 0 Å². The molecule has 1 aromatic rings. The van der Waals surface area contributed by atoms with Crippen molar-refractivity contribution in [2.24, 2.45) is 12.8 Å². The summed E-state index contributed by atoms with van der Waals surface area (Å²) in [5, 5.41) is 6.73. The Hall–Kier alpha value is -1.36. The maximum atomic E-state index is 11.4. The van der Waals surface area contributed by atoms with E-state index in [-0.39, 0.29) is 5.91 Å². The molecule has 1 amide bonds. The molecular weight excluding hydrogens is 180 g/mol. The van der Waals surface area contributed by atoms with Crippen LogP contribution in [0.3, 0.4) is 0 Å². The highest BCUT2D eigenvalue weighted by Crippen LogP contribution is 1.99. The number of hydrogen-bond acceptors (Lipinski definition) is 3. The molecule has 0 atom stereocenters. The van der Waals surface area contributed by atoms with Crippen molar-refractivity contribution in [3.63, 3.8) is 0 Å². The molecule has 5 nitrogen and oxygen atoms in total. The molecule has 78 valence electrons. The molecule has 5 heteroatoms. The Morgan fingerprint density at radius 1 is 1.71 bits per heavy atom. The summed E-state index contributed by atoms with van der Waals surface area (Å²) in [6.45, 7) is 3.80. The summed E-state index contributed by atoms with van der Waals surface area (Å²) in [7, 11) is 1.83. The number of nitrogens with two attached hydrogens (primary N) is 1. The van der Waals surface area contributed by atoms with Gasteiger partial charge in [0, 0.05) is 13.2 Å². The Labute approximate surface area is 83.3 Å². The highest BCUT2D eigenvalue weighted by atomic mass is 16.2. The molecule has 0 saturated heterocycles. The smallest absolute Gasteiger partial charge is 0.239 e. The summed E-state index contributed by atoms with van der Waals surface area (Å²) in [5.74, 6) is -0.168. The fraction of sp³-hybridized carbons (Fsp3) is 0.556. The maximum absolute atomic E-state index is 11.4. The SMILES string of the molecule is Cn1nccc1CNC(=O)C(C)(C)N. The van der Waals surface area contributed by atoms with Gasteiger partial charge in [-0.15, -0.1) is 0 Å². The Balaban J connectivity index is 2.50. The molecule has 14 heavy (non-hydrogen) atoms. The summed E-state index contributed by atoms with van der Waals surface area (Å²) in [6, 6.07) is 1.85. The fourth-order valence-electron chi connectivity index (χ4n) is 0.973. The monoisotopic (exact) mass is 196 g/mol. The Morgan fingerprint density at radius 3 is 2.79 bits per heavy atom. The molecule has 0 aromatic carbocycles. The van der Waals surface area contributed by atoms with Gasteiger partial charge in [-0.05, 0) is 19.9 Å². The van der Waals surface area contributed by atoms with Gasteiger partial charge in [-0.1, -0.05) is 0 Å². The first-order chi connectivity index (χ1) is 6.41. The standard InChI is InChI=1S/C9H16N4O/c1-9(2,10)8(14)11-6-7-4-5-12-13(7)3/h4-5H,6,10H2,1-3H3,(H,11,14). The third-order valence-electron chi connectivity index (χ3n) is 1.94. The van der Waals surface area contributed by atoms with Crippen LogP contribution in [0.4, 0.5) is 0 Å². The van der Waals surface area contributed by atoms with Gasteiger partial charge < -0.3 is 11.1 Å².